The molecule has 1 heterocycles. The molecule has 1 aliphatic rings. The SMILES string of the molecule is CO[C@H]1CCN(c2ccccc2C(C)(C)C)C1. The van der Waals surface area contributed by atoms with Gasteiger partial charge >= 0.3 is 0 Å². The van der Waals surface area contributed by atoms with Gasteiger partial charge in [-0.05, 0) is 23.5 Å². The van der Waals surface area contributed by atoms with Gasteiger partial charge in [0.25, 0.3) is 0 Å². The molecule has 0 N–H and O–H groups in total. The first-order chi connectivity index (χ1) is 8.02. The van der Waals surface area contributed by atoms with E-state index in [1.54, 1.807) is 0 Å². The topological polar surface area (TPSA) is 12.5 Å². The van der Waals surface area contributed by atoms with Crippen LogP contribution in [0, 0.1) is 0 Å². The molecule has 1 aromatic rings. The molecule has 2 nitrogen and oxygen atoms in total. The molecule has 1 atom stereocenters. The lowest BCUT2D eigenvalue weighted by atomic mass is 9.85. The van der Waals surface area contributed by atoms with Crippen LogP contribution in [0.1, 0.15) is 32.8 Å². The summed E-state index contributed by atoms with van der Waals surface area (Å²) in [5, 5.41) is 0. The van der Waals surface area contributed by atoms with Gasteiger partial charge < -0.3 is 9.64 Å². The van der Waals surface area contributed by atoms with Crippen LogP contribution in [0.15, 0.2) is 24.3 Å². The molecule has 0 bridgehead atoms. The number of methoxy groups -OCH3 is 1. The highest BCUT2D eigenvalue weighted by Gasteiger charge is 2.26. The minimum absolute atomic E-state index is 0.196. The van der Waals surface area contributed by atoms with Crippen molar-refractivity contribution >= 4 is 5.69 Å². The third-order valence-electron chi connectivity index (χ3n) is 3.53. The first-order valence-corrected chi connectivity index (χ1v) is 6.39. The third kappa shape index (κ3) is 2.63. The standard InChI is InChI=1S/C15H23NO/c1-15(2,3)13-7-5-6-8-14(13)16-10-9-12(11-16)17-4/h5-8,12H,9-11H2,1-4H3/t12-/m0/s1. The molecule has 1 aliphatic heterocycles. The Labute approximate surface area is 105 Å². The molecular weight excluding hydrogens is 210 g/mol. The van der Waals surface area contributed by atoms with Crippen molar-refractivity contribution in [2.75, 3.05) is 25.1 Å². The van der Waals surface area contributed by atoms with Gasteiger partial charge in [-0.2, -0.15) is 0 Å². The molecule has 0 spiro atoms. The Hall–Kier alpha value is -1.02. The van der Waals surface area contributed by atoms with Crippen molar-refractivity contribution in [3.8, 4) is 0 Å². The number of benzene rings is 1. The van der Waals surface area contributed by atoms with Gasteiger partial charge in [-0.25, -0.2) is 0 Å². The van der Waals surface area contributed by atoms with Crippen LogP contribution in [0.25, 0.3) is 0 Å². The van der Waals surface area contributed by atoms with Crippen LogP contribution in [0.5, 0.6) is 0 Å². The average Bonchev–Trinajstić information content (AvgIpc) is 2.76. The smallest absolute Gasteiger partial charge is 0.0762 e. The Morgan fingerprint density at radius 2 is 1.94 bits per heavy atom. The van der Waals surface area contributed by atoms with Gasteiger partial charge in [0.2, 0.25) is 0 Å². The fraction of sp³-hybridized carbons (Fsp3) is 0.600. The highest BCUT2D eigenvalue weighted by molar-refractivity contribution is 5.57. The first kappa shape index (κ1) is 12.4. The van der Waals surface area contributed by atoms with Gasteiger partial charge in [0.15, 0.2) is 0 Å². The van der Waals surface area contributed by atoms with Crippen LogP contribution >= 0.6 is 0 Å². The van der Waals surface area contributed by atoms with E-state index in [0.717, 1.165) is 19.5 Å². The zero-order valence-corrected chi connectivity index (χ0v) is 11.4. The van der Waals surface area contributed by atoms with Crippen LogP contribution in [0.2, 0.25) is 0 Å². The lowest BCUT2D eigenvalue weighted by molar-refractivity contribution is 0.121. The first-order valence-electron chi connectivity index (χ1n) is 6.39. The van der Waals surface area contributed by atoms with Crippen molar-refractivity contribution in [3.63, 3.8) is 0 Å². The van der Waals surface area contributed by atoms with Crippen molar-refractivity contribution in [2.45, 2.75) is 38.7 Å². The number of hydrogen-bond donors (Lipinski definition) is 0. The van der Waals surface area contributed by atoms with Gasteiger partial charge in [-0.3, -0.25) is 0 Å². The molecule has 0 unspecified atom stereocenters. The highest BCUT2D eigenvalue weighted by Crippen LogP contribution is 2.33. The van der Waals surface area contributed by atoms with Gasteiger partial charge in [0.05, 0.1) is 6.10 Å². The third-order valence-corrected chi connectivity index (χ3v) is 3.53. The fourth-order valence-electron chi connectivity index (χ4n) is 2.52. The van der Waals surface area contributed by atoms with Crippen molar-refractivity contribution in [2.24, 2.45) is 0 Å². The molecule has 0 aromatic heterocycles. The maximum absolute atomic E-state index is 5.45. The molecule has 1 saturated heterocycles. The summed E-state index contributed by atoms with van der Waals surface area (Å²) in [7, 11) is 1.81. The summed E-state index contributed by atoms with van der Waals surface area (Å²) in [6.45, 7) is 8.94. The minimum Gasteiger partial charge on any atom is -0.380 e. The number of anilines is 1. The summed E-state index contributed by atoms with van der Waals surface area (Å²) < 4.78 is 5.45. The van der Waals surface area contributed by atoms with Crippen LogP contribution < -0.4 is 4.90 Å². The number of ether oxygens (including phenoxy) is 1. The predicted molar refractivity (Wildman–Crippen MR) is 72.8 cm³/mol. The lowest BCUT2D eigenvalue weighted by Crippen LogP contribution is -2.25. The van der Waals surface area contributed by atoms with Crippen molar-refractivity contribution in [3.05, 3.63) is 29.8 Å². The van der Waals surface area contributed by atoms with Crippen LogP contribution in [0.3, 0.4) is 0 Å². The van der Waals surface area contributed by atoms with E-state index in [0.29, 0.717) is 6.10 Å². The summed E-state index contributed by atoms with van der Waals surface area (Å²) >= 11 is 0. The van der Waals surface area contributed by atoms with Crippen molar-refractivity contribution in [1.29, 1.82) is 0 Å². The second kappa shape index (κ2) is 4.69. The normalized spacial score (nSPS) is 20.9. The second-order valence-electron chi connectivity index (χ2n) is 5.86. The van der Waals surface area contributed by atoms with Crippen LogP contribution in [-0.2, 0) is 10.2 Å². The lowest BCUT2D eigenvalue weighted by Gasteiger charge is -2.28. The Morgan fingerprint density at radius 3 is 2.53 bits per heavy atom. The van der Waals surface area contributed by atoms with Crippen molar-refractivity contribution < 1.29 is 4.74 Å². The van der Waals surface area contributed by atoms with Crippen molar-refractivity contribution in [1.82, 2.24) is 0 Å². The molecule has 17 heavy (non-hydrogen) atoms. The van der Waals surface area contributed by atoms with E-state index < -0.39 is 0 Å². The molecular formula is C15H23NO. The van der Waals surface area contributed by atoms with E-state index in [1.165, 1.54) is 11.3 Å². The molecule has 2 heteroatoms. The Bertz CT molecular complexity index is 381. The Kier molecular flexibility index (Phi) is 3.43. The summed E-state index contributed by atoms with van der Waals surface area (Å²) in [6.07, 6.45) is 1.53. The Balaban J connectivity index is 2.27. The zero-order valence-electron chi connectivity index (χ0n) is 11.4. The molecule has 0 aliphatic carbocycles. The number of para-hydroxylation sites is 1. The number of hydrogen-bond acceptors (Lipinski definition) is 2. The van der Waals surface area contributed by atoms with E-state index in [9.17, 15) is 0 Å². The van der Waals surface area contributed by atoms with Gasteiger partial charge in [0, 0.05) is 25.9 Å². The van der Waals surface area contributed by atoms with E-state index >= 15 is 0 Å². The largest absolute Gasteiger partial charge is 0.380 e. The van der Waals surface area contributed by atoms with E-state index in [1.807, 2.05) is 7.11 Å². The Morgan fingerprint density at radius 1 is 1.24 bits per heavy atom. The summed E-state index contributed by atoms with van der Waals surface area (Å²) in [4.78, 5) is 2.45. The van der Waals surface area contributed by atoms with Gasteiger partial charge in [-0.1, -0.05) is 39.0 Å². The molecule has 1 fully saturated rings. The summed E-state index contributed by atoms with van der Waals surface area (Å²) in [5.41, 5.74) is 3.00. The summed E-state index contributed by atoms with van der Waals surface area (Å²) in [5.74, 6) is 0. The van der Waals surface area contributed by atoms with Crippen LogP contribution in [-0.4, -0.2) is 26.3 Å². The van der Waals surface area contributed by atoms with Gasteiger partial charge in [-0.15, -0.1) is 0 Å². The molecule has 94 valence electrons. The molecule has 0 amide bonds. The predicted octanol–water partition coefficient (Wildman–Crippen LogP) is 3.21. The molecule has 2 rings (SSSR count). The number of rotatable bonds is 2. The van der Waals surface area contributed by atoms with E-state index in [2.05, 4.69) is 49.9 Å². The molecule has 0 saturated carbocycles. The maximum Gasteiger partial charge on any atom is 0.0762 e. The highest BCUT2D eigenvalue weighted by atomic mass is 16.5. The zero-order chi connectivity index (χ0) is 12.5. The second-order valence-corrected chi connectivity index (χ2v) is 5.86. The quantitative estimate of drug-likeness (QED) is 0.777. The maximum atomic E-state index is 5.45. The fourth-order valence-corrected chi connectivity index (χ4v) is 2.52. The molecule has 1 aromatic carbocycles. The monoisotopic (exact) mass is 233 g/mol. The van der Waals surface area contributed by atoms with E-state index in [4.69, 9.17) is 4.74 Å². The van der Waals surface area contributed by atoms with Crippen LogP contribution in [0.4, 0.5) is 5.69 Å². The number of nitrogens with zero attached hydrogens (tertiary/aromatic N) is 1. The minimum atomic E-state index is 0.196. The summed E-state index contributed by atoms with van der Waals surface area (Å²) in [6, 6.07) is 8.74. The average molecular weight is 233 g/mol. The molecule has 0 radical (unpaired) electrons. The van der Waals surface area contributed by atoms with E-state index in [-0.39, 0.29) is 5.41 Å². The van der Waals surface area contributed by atoms with Gasteiger partial charge in [0.1, 0.15) is 0 Å².